The van der Waals surface area contributed by atoms with Crippen LogP contribution in [0.2, 0.25) is 0 Å². The third kappa shape index (κ3) is 9.98. The van der Waals surface area contributed by atoms with Crippen molar-refractivity contribution in [3.63, 3.8) is 0 Å². The topological polar surface area (TPSA) is 84.7 Å². The van der Waals surface area contributed by atoms with Gasteiger partial charge in [-0.05, 0) is 6.42 Å². The first-order chi connectivity index (χ1) is 11.3. The van der Waals surface area contributed by atoms with Crippen molar-refractivity contribution < 1.29 is 23.7 Å². The molecule has 0 fully saturated rings. The first-order valence-electron chi connectivity index (χ1n) is 7.95. The van der Waals surface area contributed by atoms with Crippen LogP contribution in [-0.2, 0) is 36.7 Å². The standard InChI is InChI=1S/C15H27N3O5/c1-3-7-23-15(19)5-4-14-13-18(17-16-14)6-8-21-11-12-22-10-9-20-2/h13H,3-12H2,1-2H3. The summed E-state index contributed by atoms with van der Waals surface area (Å²) in [4.78, 5) is 11.4. The molecular weight excluding hydrogens is 302 g/mol. The van der Waals surface area contributed by atoms with Crippen molar-refractivity contribution in [1.82, 2.24) is 15.0 Å². The second kappa shape index (κ2) is 13.0. The molecule has 0 aliphatic rings. The zero-order valence-electron chi connectivity index (χ0n) is 14.0. The van der Waals surface area contributed by atoms with Gasteiger partial charge in [-0.15, -0.1) is 5.10 Å². The minimum atomic E-state index is -0.196. The molecule has 8 nitrogen and oxygen atoms in total. The van der Waals surface area contributed by atoms with Crippen LogP contribution in [0.5, 0.6) is 0 Å². The largest absolute Gasteiger partial charge is 0.466 e. The molecule has 23 heavy (non-hydrogen) atoms. The van der Waals surface area contributed by atoms with Crippen LogP contribution in [0.3, 0.4) is 0 Å². The second-order valence-electron chi connectivity index (χ2n) is 4.91. The van der Waals surface area contributed by atoms with E-state index in [-0.39, 0.29) is 5.97 Å². The molecule has 1 rings (SSSR count). The maximum atomic E-state index is 11.4. The number of carbonyl (C=O) groups is 1. The summed E-state index contributed by atoms with van der Waals surface area (Å²) in [6.07, 6.45) is 3.52. The zero-order chi connectivity index (χ0) is 16.8. The fourth-order valence-corrected chi connectivity index (χ4v) is 1.70. The van der Waals surface area contributed by atoms with Crippen LogP contribution in [-0.4, -0.2) is 67.7 Å². The van der Waals surface area contributed by atoms with Crippen molar-refractivity contribution in [2.24, 2.45) is 0 Å². The highest BCUT2D eigenvalue weighted by Gasteiger charge is 2.06. The molecule has 0 aromatic carbocycles. The Bertz CT molecular complexity index is 425. The molecule has 0 saturated carbocycles. The van der Waals surface area contributed by atoms with Gasteiger partial charge in [0.15, 0.2) is 0 Å². The number of rotatable bonds is 14. The third-order valence-corrected chi connectivity index (χ3v) is 2.91. The molecule has 0 N–H and O–H groups in total. The first kappa shape index (κ1) is 19.5. The van der Waals surface area contributed by atoms with Gasteiger partial charge in [-0.3, -0.25) is 4.79 Å². The predicted octanol–water partition coefficient (Wildman–Crippen LogP) is 0.844. The number of esters is 1. The van der Waals surface area contributed by atoms with E-state index in [0.717, 1.165) is 12.1 Å². The van der Waals surface area contributed by atoms with Crippen molar-refractivity contribution >= 4 is 5.97 Å². The van der Waals surface area contributed by atoms with Gasteiger partial charge < -0.3 is 18.9 Å². The monoisotopic (exact) mass is 329 g/mol. The molecule has 0 saturated heterocycles. The Hall–Kier alpha value is -1.51. The van der Waals surface area contributed by atoms with E-state index in [4.69, 9.17) is 18.9 Å². The maximum Gasteiger partial charge on any atom is 0.306 e. The molecule has 0 bridgehead atoms. The molecule has 1 heterocycles. The molecule has 0 aliphatic heterocycles. The van der Waals surface area contributed by atoms with Crippen molar-refractivity contribution in [2.75, 3.05) is 46.8 Å². The van der Waals surface area contributed by atoms with E-state index in [1.807, 2.05) is 13.1 Å². The Labute approximate surface area is 137 Å². The predicted molar refractivity (Wildman–Crippen MR) is 83.1 cm³/mol. The fraction of sp³-hybridized carbons (Fsp3) is 0.800. The zero-order valence-corrected chi connectivity index (χ0v) is 14.0. The summed E-state index contributed by atoms with van der Waals surface area (Å²) in [5, 5.41) is 8.03. The van der Waals surface area contributed by atoms with Gasteiger partial charge in [0.1, 0.15) is 0 Å². The molecule has 0 amide bonds. The van der Waals surface area contributed by atoms with Crippen LogP contribution in [0.4, 0.5) is 0 Å². The van der Waals surface area contributed by atoms with Crippen molar-refractivity contribution in [3.05, 3.63) is 11.9 Å². The molecule has 0 radical (unpaired) electrons. The van der Waals surface area contributed by atoms with E-state index in [9.17, 15) is 4.79 Å². The van der Waals surface area contributed by atoms with Crippen LogP contribution in [0.15, 0.2) is 6.20 Å². The molecule has 1 aromatic rings. The first-order valence-corrected chi connectivity index (χ1v) is 7.95. The number of hydrogen-bond donors (Lipinski definition) is 0. The van der Waals surface area contributed by atoms with E-state index in [1.54, 1.807) is 11.8 Å². The lowest BCUT2D eigenvalue weighted by molar-refractivity contribution is -0.143. The van der Waals surface area contributed by atoms with Crippen LogP contribution in [0.1, 0.15) is 25.5 Å². The van der Waals surface area contributed by atoms with Gasteiger partial charge in [0, 0.05) is 19.7 Å². The smallest absolute Gasteiger partial charge is 0.306 e. The van der Waals surface area contributed by atoms with Crippen molar-refractivity contribution in [1.29, 1.82) is 0 Å². The highest BCUT2D eigenvalue weighted by atomic mass is 16.5. The lowest BCUT2D eigenvalue weighted by Crippen LogP contribution is -2.12. The van der Waals surface area contributed by atoms with Gasteiger partial charge in [-0.25, -0.2) is 4.68 Å². The quantitative estimate of drug-likeness (QED) is 0.369. The molecule has 8 heteroatoms. The number of aryl methyl sites for hydroxylation is 1. The molecule has 0 atom stereocenters. The second-order valence-corrected chi connectivity index (χ2v) is 4.91. The van der Waals surface area contributed by atoms with Gasteiger partial charge in [0.25, 0.3) is 0 Å². The summed E-state index contributed by atoms with van der Waals surface area (Å²) >= 11 is 0. The number of aromatic nitrogens is 3. The minimum absolute atomic E-state index is 0.196. The SMILES string of the molecule is CCCOC(=O)CCc1cn(CCOCCOCCOC)nn1. The highest BCUT2D eigenvalue weighted by Crippen LogP contribution is 2.00. The lowest BCUT2D eigenvalue weighted by atomic mass is 10.2. The van der Waals surface area contributed by atoms with Crippen LogP contribution >= 0.6 is 0 Å². The van der Waals surface area contributed by atoms with E-state index < -0.39 is 0 Å². The third-order valence-electron chi connectivity index (χ3n) is 2.91. The van der Waals surface area contributed by atoms with Gasteiger partial charge in [0.2, 0.25) is 0 Å². The molecule has 0 unspecified atom stereocenters. The Morgan fingerprint density at radius 2 is 1.87 bits per heavy atom. The van der Waals surface area contributed by atoms with Crippen molar-refractivity contribution in [3.8, 4) is 0 Å². The summed E-state index contributed by atoms with van der Waals surface area (Å²) in [5.41, 5.74) is 0.779. The van der Waals surface area contributed by atoms with Crippen LogP contribution in [0, 0.1) is 0 Å². The van der Waals surface area contributed by atoms with E-state index in [0.29, 0.717) is 59.0 Å². The summed E-state index contributed by atoms with van der Waals surface area (Å²) in [7, 11) is 1.64. The van der Waals surface area contributed by atoms with E-state index >= 15 is 0 Å². The lowest BCUT2D eigenvalue weighted by Gasteiger charge is -2.05. The minimum Gasteiger partial charge on any atom is -0.466 e. The number of methoxy groups -OCH3 is 1. The Balaban J connectivity index is 2.06. The van der Waals surface area contributed by atoms with Crippen LogP contribution < -0.4 is 0 Å². The Kier molecular flexibility index (Phi) is 11.0. The summed E-state index contributed by atoms with van der Waals surface area (Å²) < 4.78 is 22.3. The molecule has 0 aliphatic carbocycles. The Morgan fingerprint density at radius 3 is 2.61 bits per heavy atom. The molecular formula is C15H27N3O5. The average molecular weight is 329 g/mol. The van der Waals surface area contributed by atoms with Crippen LogP contribution in [0.25, 0.3) is 0 Å². The van der Waals surface area contributed by atoms with Gasteiger partial charge in [0.05, 0.1) is 58.3 Å². The molecule has 132 valence electrons. The summed E-state index contributed by atoms with van der Waals surface area (Å²) in [6, 6.07) is 0. The number of carbonyl (C=O) groups excluding carboxylic acids is 1. The van der Waals surface area contributed by atoms with Crippen molar-refractivity contribution in [2.45, 2.75) is 32.7 Å². The average Bonchev–Trinajstić information content (AvgIpc) is 3.01. The number of nitrogens with zero attached hydrogens (tertiary/aromatic N) is 3. The van der Waals surface area contributed by atoms with Gasteiger partial charge in [-0.1, -0.05) is 12.1 Å². The number of hydrogen-bond acceptors (Lipinski definition) is 7. The molecule has 0 spiro atoms. The highest BCUT2D eigenvalue weighted by molar-refractivity contribution is 5.69. The summed E-state index contributed by atoms with van der Waals surface area (Å²) in [5.74, 6) is -0.196. The number of ether oxygens (including phenoxy) is 4. The van der Waals surface area contributed by atoms with Gasteiger partial charge in [-0.2, -0.15) is 0 Å². The van der Waals surface area contributed by atoms with Gasteiger partial charge >= 0.3 is 5.97 Å². The van der Waals surface area contributed by atoms with E-state index in [2.05, 4.69) is 10.3 Å². The summed E-state index contributed by atoms with van der Waals surface area (Å²) in [6.45, 7) is 5.84. The Morgan fingerprint density at radius 1 is 1.13 bits per heavy atom. The molecule has 1 aromatic heterocycles. The van der Waals surface area contributed by atoms with E-state index in [1.165, 1.54) is 0 Å². The fourth-order valence-electron chi connectivity index (χ4n) is 1.70. The normalized spacial score (nSPS) is 10.9. The maximum absolute atomic E-state index is 11.4.